The summed E-state index contributed by atoms with van der Waals surface area (Å²) in [4.78, 5) is 16.1. The van der Waals surface area contributed by atoms with E-state index in [2.05, 4.69) is 15.6 Å². The summed E-state index contributed by atoms with van der Waals surface area (Å²) in [5, 5.41) is 5.84. The molecule has 116 valence electrons. The van der Waals surface area contributed by atoms with Crippen LogP contribution in [0.2, 0.25) is 0 Å². The topological polar surface area (TPSA) is 76.4 Å². The van der Waals surface area contributed by atoms with Crippen molar-refractivity contribution in [3.05, 3.63) is 47.5 Å². The largest absolute Gasteiger partial charge is 0.481 e. The van der Waals surface area contributed by atoms with Gasteiger partial charge in [0.15, 0.2) is 0 Å². The number of aryl methyl sites for hydroxylation is 1. The van der Waals surface area contributed by atoms with E-state index in [9.17, 15) is 4.79 Å². The van der Waals surface area contributed by atoms with Crippen molar-refractivity contribution in [1.82, 2.24) is 15.6 Å². The molecule has 6 nitrogen and oxygen atoms in total. The Balaban J connectivity index is 1.53. The number of nitrogens with one attached hydrogen (secondary N) is 2. The Kier molecular flexibility index (Phi) is 4.27. The molecule has 0 radical (unpaired) electrons. The number of aromatic nitrogens is 1. The molecule has 0 saturated carbocycles. The number of carbonyl (C=O) groups excluding carboxylic acids is 1. The van der Waals surface area contributed by atoms with Crippen LogP contribution in [0.5, 0.6) is 5.88 Å². The van der Waals surface area contributed by atoms with Gasteiger partial charge in [0.2, 0.25) is 5.88 Å². The summed E-state index contributed by atoms with van der Waals surface area (Å²) in [5.74, 6) is 1.54. The first-order chi connectivity index (χ1) is 10.8. The lowest BCUT2D eigenvalue weighted by molar-refractivity contribution is 0.234. The fourth-order valence-corrected chi connectivity index (χ4v) is 2.66. The molecule has 1 atom stereocenters. The summed E-state index contributed by atoms with van der Waals surface area (Å²) in [6.07, 6.45) is 6.27. The number of nitrogens with zero attached hydrogens (tertiary/aromatic N) is 1. The Morgan fingerprint density at radius 2 is 2.36 bits per heavy atom. The third-order valence-electron chi connectivity index (χ3n) is 3.82. The molecule has 0 spiro atoms. The van der Waals surface area contributed by atoms with Crippen LogP contribution in [0.3, 0.4) is 0 Å². The highest BCUT2D eigenvalue weighted by Crippen LogP contribution is 2.30. The number of methoxy groups -OCH3 is 1. The van der Waals surface area contributed by atoms with Crippen molar-refractivity contribution in [3.63, 3.8) is 0 Å². The van der Waals surface area contributed by atoms with Gasteiger partial charge in [-0.25, -0.2) is 9.78 Å². The summed E-state index contributed by atoms with van der Waals surface area (Å²) in [7, 11) is 1.57. The van der Waals surface area contributed by atoms with Crippen molar-refractivity contribution >= 4 is 6.03 Å². The van der Waals surface area contributed by atoms with Crippen molar-refractivity contribution in [1.29, 1.82) is 0 Å². The minimum atomic E-state index is -0.185. The molecule has 2 aromatic rings. The fourth-order valence-electron chi connectivity index (χ4n) is 2.66. The van der Waals surface area contributed by atoms with Gasteiger partial charge in [-0.1, -0.05) is 6.07 Å². The number of rotatable bonds is 4. The van der Waals surface area contributed by atoms with Crippen LogP contribution in [0.4, 0.5) is 4.79 Å². The van der Waals surface area contributed by atoms with Crippen LogP contribution in [-0.2, 0) is 13.0 Å². The lowest BCUT2D eigenvalue weighted by Gasteiger charge is -2.22. The first kappa shape index (κ1) is 14.4. The number of pyridine rings is 1. The van der Waals surface area contributed by atoms with Gasteiger partial charge in [0.25, 0.3) is 0 Å². The van der Waals surface area contributed by atoms with Crippen LogP contribution >= 0.6 is 0 Å². The maximum atomic E-state index is 12.0. The van der Waals surface area contributed by atoms with Gasteiger partial charge in [0.1, 0.15) is 5.76 Å². The standard InChI is InChI=1S/C16H19N3O3/c1-21-15-6-5-11(9-17-15)10-18-16(20)19-13-3-2-4-14-12(13)7-8-22-14/h5-9,13H,2-4,10H2,1H3,(H2,18,19,20). The quantitative estimate of drug-likeness (QED) is 0.910. The monoisotopic (exact) mass is 301 g/mol. The molecule has 1 unspecified atom stereocenters. The molecule has 2 heterocycles. The maximum absolute atomic E-state index is 12.0. The van der Waals surface area contributed by atoms with Gasteiger partial charge >= 0.3 is 6.03 Å². The molecule has 0 fully saturated rings. The summed E-state index contributed by atoms with van der Waals surface area (Å²) in [6, 6.07) is 5.42. The van der Waals surface area contributed by atoms with E-state index in [4.69, 9.17) is 9.15 Å². The fraction of sp³-hybridized carbons (Fsp3) is 0.375. The lowest BCUT2D eigenvalue weighted by Crippen LogP contribution is -2.38. The van der Waals surface area contributed by atoms with Crippen LogP contribution in [0.25, 0.3) is 0 Å². The second-order valence-electron chi connectivity index (χ2n) is 5.28. The minimum Gasteiger partial charge on any atom is -0.481 e. The first-order valence-corrected chi connectivity index (χ1v) is 7.36. The molecule has 1 aliphatic carbocycles. The second-order valence-corrected chi connectivity index (χ2v) is 5.28. The van der Waals surface area contributed by atoms with Crippen LogP contribution in [0.15, 0.2) is 35.1 Å². The summed E-state index contributed by atoms with van der Waals surface area (Å²) < 4.78 is 10.4. The zero-order valence-electron chi connectivity index (χ0n) is 12.5. The molecule has 3 rings (SSSR count). The zero-order chi connectivity index (χ0) is 15.4. The third kappa shape index (κ3) is 3.21. The molecule has 6 heteroatoms. The van der Waals surface area contributed by atoms with Gasteiger partial charge in [-0.05, 0) is 24.5 Å². The minimum absolute atomic E-state index is 0.0245. The number of amides is 2. The Bertz CT molecular complexity index is 636. The number of hydrogen-bond acceptors (Lipinski definition) is 4. The average Bonchev–Trinajstić information content (AvgIpc) is 3.03. The summed E-state index contributed by atoms with van der Waals surface area (Å²) in [6.45, 7) is 0.424. The van der Waals surface area contributed by atoms with Crippen LogP contribution in [0, 0.1) is 0 Å². The number of fused-ring (bicyclic) bond motifs is 1. The summed E-state index contributed by atoms with van der Waals surface area (Å²) >= 11 is 0. The van der Waals surface area contributed by atoms with E-state index in [0.29, 0.717) is 12.4 Å². The van der Waals surface area contributed by atoms with Crippen molar-refractivity contribution in [2.45, 2.75) is 31.8 Å². The van der Waals surface area contributed by atoms with Crippen molar-refractivity contribution in [3.8, 4) is 5.88 Å². The van der Waals surface area contributed by atoms with Crippen LogP contribution < -0.4 is 15.4 Å². The Morgan fingerprint density at radius 1 is 1.45 bits per heavy atom. The molecule has 0 bridgehead atoms. The molecular formula is C16H19N3O3. The molecule has 0 saturated heterocycles. The summed E-state index contributed by atoms with van der Waals surface area (Å²) in [5.41, 5.74) is 2.01. The zero-order valence-corrected chi connectivity index (χ0v) is 12.5. The van der Waals surface area contributed by atoms with Gasteiger partial charge in [0, 0.05) is 30.8 Å². The molecule has 2 N–H and O–H groups in total. The average molecular weight is 301 g/mol. The number of carbonyl (C=O) groups is 1. The smallest absolute Gasteiger partial charge is 0.315 e. The Labute approximate surface area is 128 Å². The second kappa shape index (κ2) is 6.51. The highest BCUT2D eigenvalue weighted by molar-refractivity contribution is 5.74. The molecule has 0 aliphatic heterocycles. The van der Waals surface area contributed by atoms with Gasteiger partial charge in [-0.2, -0.15) is 0 Å². The molecule has 2 aromatic heterocycles. The molecular weight excluding hydrogens is 282 g/mol. The molecule has 22 heavy (non-hydrogen) atoms. The van der Waals surface area contributed by atoms with Crippen LogP contribution in [-0.4, -0.2) is 18.1 Å². The first-order valence-electron chi connectivity index (χ1n) is 7.36. The van der Waals surface area contributed by atoms with Gasteiger partial charge in [-0.15, -0.1) is 0 Å². The van der Waals surface area contributed by atoms with E-state index in [1.165, 1.54) is 0 Å². The van der Waals surface area contributed by atoms with Gasteiger partial charge in [-0.3, -0.25) is 0 Å². The van der Waals surface area contributed by atoms with Crippen molar-refractivity contribution in [2.24, 2.45) is 0 Å². The number of ether oxygens (including phenoxy) is 1. The van der Waals surface area contributed by atoms with Crippen molar-refractivity contribution < 1.29 is 13.9 Å². The normalized spacial score (nSPS) is 16.7. The Hall–Kier alpha value is -2.50. The molecule has 1 aliphatic rings. The maximum Gasteiger partial charge on any atom is 0.315 e. The predicted octanol–water partition coefficient (Wildman–Crippen LogP) is 2.56. The van der Waals surface area contributed by atoms with E-state index in [0.717, 1.165) is 36.1 Å². The van der Waals surface area contributed by atoms with Gasteiger partial charge in [0.05, 0.1) is 19.4 Å². The van der Waals surface area contributed by atoms with E-state index in [1.54, 1.807) is 25.6 Å². The SMILES string of the molecule is COc1ccc(CNC(=O)NC2CCCc3occc32)cn1. The van der Waals surface area contributed by atoms with E-state index >= 15 is 0 Å². The number of urea groups is 1. The predicted molar refractivity (Wildman–Crippen MR) is 80.5 cm³/mol. The van der Waals surface area contributed by atoms with E-state index < -0.39 is 0 Å². The van der Waals surface area contributed by atoms with E-state index in [-0.39, 0.29) is 12.1 Å². The highest BCUT2D eigenvalue weighted by atomic mass is 16.5. The third-order valence-corrected chi connectivity index (χ3v) is 3.82. The number of hydrogen-bond donors (Lipinski definition) is 2. The van der Waals surface area contributed by atoms with E-state index in [1.807, 2.05) is 12.1 Å². The van der Waals surface area contributed by atoms with Gasteiger partial charge < -0.3 is 19.8 Å². The van der Waals surface area contributed by atoms with Crippen LogP contribution in [0.1, 0.15) is 35.8 Å². The number of furan rings is 1. The molecule has 0 aromatic carbocycles. The molecule has 2 amide bonds. The lowest BCUT2D eigenvalue weighted by atomic mass is 9.93. The van der Waals surface area contributed by atoms with Crippen molar-refractivity contribution in [2.75, 3.05) is 7.11 Å². The highest BCUT2D eigenvalue weighted by Gasteiger charge is 2.23. The Morgan fingerprint density at radius 3 is 3.14 bits per heavy atom.